The zero-order chi connectivity index (χ0) is 16.7. The Morgan fingerprint density at radius 3 is 1.61 bits per heavy atom. The molecule has 0 amide bonds. The van der Waals surface area contributed by atoms with E-state index in [2.05, 4.69) is 29.2 Å². The van der Waals surface area contributed by atoms with Crippen molar-refractivity contribution in [2.75, 3.05) is 6.61 Å². The van der Waals surface area contributed by atoms with Crippen LogP contribution in [0.1, 0.15) is 25.0 Å². The van der Waals surface area contributed by atoms with Gasteiger partial charge < -0.3 is 10.2 Å². The maximum absolute atomic E-state index is 10.5. The van der Waals surface area contributed by atoms with Gasteiger partial charge in [0.1, 0.15) is 0 Å². The van der Waals surface area contributed by atoms with E-state index in [4.69, 9.17) is 0 Å². The van der Waals surface area contributed by atoms with E-state index in [1.807, 2.05) is 50.2 Å². The normalized spacial score (nSPS) is 14.2. The molecule has 0 radical (unpaired) electrons. The van der Waals surface area contributed by atoms with Crippen LogP contribution < -0.4 is 0 Å². The fourth-order valence-corrected chi connectivity index (χ4v) is 2.81. The van der Waals surface area contributed by atoms with Crippen molar-refractivity contribution in [1.82, 2.24) is 4.90 Å². The average molecular weight is 313 g/mol. The lowest BCUT2D eigenvalue weighted by molar-refractivity contribution is -0.0152. The quantitative estimate of drug-likeness (QED) is 0.787. The number of rotatable bonds is 8. The minimum Gasteiger partial charge on any atom is -0.395 e. The van der Waals surface area contributed by atoms with Crippen molar-refractivity contribution in [2.24, 2.45) is 5.92 Å². The maximum Gasteiger partial charge on any atom is 0.0740 e. The summed E-state index contributed by atoms with van der Waals surface area (Å²) in [5.74, 6) is 0.0983. The molecule has 2 rings (SSSR count). The van der Waals surface area contributed by atoms with E-state index < -0.39 is 6.10 Å². The summed E-state index contributed by atoms with van der Waals surface area (Å²) >= 11 is 0. The summed E-state index contributed by atoms with van der Waals surface area (Å²) < 4.78 is 0. The van der Waals surface area contributed by atoms with Crippen LogP contribution in [0.4, 0.5) is 0 Å². The molecule has 0 bridgehead atoms. The van der Waals surface area contributed by atoms with Gasteiger partial charge in [-0.25, -0.2) is 0 Å². The highest BCUT2D eigenvalue weighted by molar-refractivity contribution is 5.17. The summed E-state index contributed by atoms with van der Waals surface area (Å²) in [5, 5.41) is 20.4. The summed E-state index contributed by atoms with van der Waals surface area (Å²) in [5.41, 5.74) is 2.36. The van der Waals surface area contributed by atoms with Crippen LogP contribution in [0, 0.1) is 5.92 Å². The van der Waals surface area contributed by atoms with Crippen LogP contribution in [0.15, 0.2) is 60.7 Å². The second-order valence-corrected chi connectivity index (χ2v) is 6.36. The third-order valence-corrected chi connectivity index (χ3v) is 4.19. The molecule has 23 heavy (non-hydrogen) atoms. The Morgan fingerprint density at radius 2 is 1.26 bits per heavy atom. The molecule has 2 aromatic rings. The predicted octanol–water partition coefficient (Wildman–Crippen LogP) is 3.07. The van der Waals surface area contributed by atoms with Gasteiger partial charge >= 0.3 is 0 Å². The van der Waals surface area contributed by atoms with E-state index in [0.29, 0.717) is 13.1 Å². The van der Waals surface area contributed by atoms with E-state index >= 15 is 0 Å². The van der Waals surface area contributed by atoms with Crippen LogP contribution in [-0.4, -0.2) is 33.9 Å². The van der Waals surface area contributed by atoms with Crippen molar-refractivity contribution in [3.05, 3.63) is 71.8 Å². The highest BCUT2D eigenvalue weighted by atomic mass is 16.3. The van der Waals surface area contributed by atoms with Crippen molar-refractivity contribution in [1.29, 1.82) is 0 Å². The molecule has 0 aliphatic heterocycles. The number of hydrogen-bond acceptors (Lipinski definition) is 3. The molecule has 2 atom stereocenters. The van der Waals surface area contributed by atoms with E-state index in [0.717, 1.165) is 0 Å². The molecule has 0 aliphatic rings. The van der Waals surface area contributed by atoms with E-state index in [1.54, 1.807) is 0 Å². The first-order chi connectivity index (χ1) is 11.1. The highest BCUT2D eigenvalue weighted by Gasteiger charge is 2.27. The van der Waals surface area contributed by atoms with Gasteiger partial charge in [0.15, 0.2) is 0 Å². The monoisotopic (exact) mass is 313 g/mol. The molecule has 0 heterocycles. The molecule has 0 aliphatic carbocycles. The molecule has 0 fully saturated rings. The Bertz CT molecular complexity index is 515. The van der Waals surface area contributed by atoms with Gasteiger partial charge in [-0.3, -0.25) is 4.90 Å². The van der Waals surface area contributed by atoms with E-state index in [-0.39, 0.29) is 18.6 Å². The molecule has 3 nitrogen and oxygen atoms in total. The van der Waals surface area contributed by atoms with Crippen molar-refractivity contribution in [2.45, 2.75) is 39.1 Å². The Balaban J connectivity index is 2.22. The number of hydrogen-bond donors (Lipinski definition) is 2. The first-order valence-electron chi connectivity index (χ1n) is 8.22. The number of nitrogens with zero attached hydrogens (tertiary/aromatic N) is 1. The minimum atomic E-state index is -0.563. The SMILES string of the molecule is CC(C)C(O)C(CO)N(Cc1ccccc1)Cc1ccccc1. The van der Waals surface area contributed by atoms with Gasteiger partial charge in [-0.2, -0.15) is 0 Å². The molecule has 0 spiro atoms. The molecule has 0 aromatic heterocycles. The van der Waals surface area contributed by atoms with Gasteiger partial charge in [0, 0.05) is 13.1 Å². The second kappa shape index (κ2) is 8.82. The molecule has 2 N–H and O–H groups in total. The topological polar surface area (TPSA) is 43.7 Å². The van der Waals surface area contributed by atoms with Gasteiger partial charge in [-0.05, 0) is 17.0 Å². The summed E-state index contributed by atoms with van der Waals surface area (Å²) in [6, 6.07) is 20.1. The summed E-state index contributed by atoms with van der Waals surface area (Å²) in [6.45, 7) is 5.31. The van der Waals surface area contributed by atoms with E-state index in [9.17, 15) is 10.2 Å². The Labute approximate surface area is 139 Å². The lowest BCUT2D eigenvalue weighted by Gasteiger charge is -2.35. The fraction of sp³-hybridized carbons (Fsp3) is 0.400. The summed E-state index contributed by atoms with van der Waals surface area (Å²) in [7, 11) is 0. The standard InChI is InChI=1S/C20H27NO2/c1-16(2)20(23)19(15-22)21(13-17-9-5-3-6-10-17)14-18-11-7-4-8-12-18/h3-12,16,19-20,22-23H,13-15H2,1-2H3. The zero-order valence-corrected chi connectivity index (χ0v) is 14.0. The average Bonchev–Trinajstić information content (AvgIpc) is 2.57. The van der Waals surface area contributed by atoms with Crippen LogP contribution in [0.5, 0.6) is 0 Å². The molecule has 3 heteroatoms. The largest absolute Gasteiger partial charge is 0.395 e. The van der Waals surface area contributed by atoms with Gasteiger partial charge in [-0.15, -0.1) is 0 Å². The van der Waals surface area contributed by atoms with Crippen LogP contribution in [0.2, 0.25) is 0 Å². The third-order valence-electron chi connectivity index (χ3n) is 4.19. The molecular formula is C20H27NO2. The highest BCUT2D eigenvalue weighted by Crippen LogP contribution is 2.19. The smallest absolute Gasteiger partial charge is 0.0740 e. The van der Waals surface area contributed by atoms with Crippen molar-refractivity contribution >= 4 is 0 Å². The zero-order valence-electron chi connectivity index (χ0n) is 14.0. The predicted molar refractivity (Wildman–Crippen MR) is 93.8 cm³/mol. The Hall–Kier alpha value is -1.68. The fourth-order valence-electron chi connectivity index (χ4n) is 2.81. The van der Waals surface area contributed by atoms with E-state index in [1.165, 1.54) is 11.1 Å². The van der Waals surface area contributed by atoms with Crippen molar-refractivity contribution < 1.29 is 10.2 Å². The number of aliphatic hydroxyl groups excluding tert-OH is 2. The lowest BCUT2D eigenvalue weighted by atomic mass is 9.97. The van der Waals surface area contributed by atoms with Crippen LogP contribution >= 0.6 is 0 Å². The van der Waals surface area contributed by atoms with Crippen LogP contribution in [0.25, 0.3) is 0 Å². The maximum atomic E-state index is 10.5. The first-order valence-corrected chi connectivity index (χ1v) is 8.22. The number of aliphatic hydroxyl groups is 2. The van der Waals surface area contributed by atoms with Crippen LogP contribution in [0.3, 0.4) is 0 Å². The Morgan fingerprint density at radius 1 is 0.826 bits per heavy atom. The Kier molecular flexibility index (Phi) is 6.78. The summed E-state index contributed by atoms with van der Waals surface area (Å²) in [4.78, 5) is 2.16. The summed E-state index contributed by atoms with van der Waals surface area (Å²) in [6.07, 6.45) is -0.563. The number of benzene rings is 2. The molecular weight excluding hydrogens is 286 g/mol. The molecule has 2 aromatic carbocycles. The minimum absolute atomic E-state index is 0.0565. The van der Waals surface area contributed by atoms with Gasteiger partial charge in [0.2, 0.25) is 0 Å². The third kappa shape index (κ3) is 5.17. The first kappa shape index (κ1) is 17.7. The molecule has 0 saturated heterocycles. The van der Waals surface area contributed by atoms with Crippen LogP contribution in [-0.2, 0) is 13.1 Å². The van der Waals surface area contributed by atoms with Gasteiger partial charge in [-0.1, -0.05) is 74.5 Å². The van der Waals surface area contributed by atoms with Crippen molar-refractivity contribution in [3.8, 4) is 0 Å². The van der Waals surface area contributed by atoms with Gasteiger partial charge in [0.25, 0.3) is 0 Å². The molecule has 124 valence electrons. The van der Waals surface area contributed by atoms with Gasteiger partial charge in [0.05, 0.1) is 18.8 Å². The second-order valence-electron chi connectivity index (χ2n) is 6.36. The molecule has 2 unspecified atom stereocenters. The molecule has 0 saturated carbocycles. The van der Waals surface area contributed by atoms with Crippen molar-refractivity contribution in [3.63, 3.8) is 0 Å². The lowest BCUT2D eigenvalue weighted by Crippen LogP contribution is -2.47.